The molecule has 1 heterocycles. The minimum Gasteiger partial charge on any atom is -0.507 e. The van der Waals surface area contributed by atoms with Gasteiger partial charge >= 0.3 is 0 Å². The summed E-state index contributed by atoms with van der Waals surface area (Å²) < 4.78 is 5.96. The van der Waals surface area contributed by atoms with Crippen LogP contribution >= 0.6 is 0 Å². The number of H-pyrrole nitrogens is 1. The Balaban J connectivity index is 1.76. The van der Waals surface area contributed by atoms with E-state index in [-0.39, 0.29) is 11.5 Å². The lowest BCUT2D eigenvalue weighted by Crippen LogP contribution is -2.03. The number of phenols is 1. The van der Waals surface area contributed by atoms with Crippen LogP contribution in [0.4, 0.5) is 0 Å². The number of carbonyl (C=O) groups is 1. The zero-order valence-electron chi connectivity index (χ0n) is 15.4. The fraction of sp³-hybridized carbons (Fsp3) is 0.300. The summed E-state index contributed by atoms with van der Waals surface area (Å²) in [6, 6.07) is 11.3. The number of ether oxygens (including phenoxy) is 1. The molecule has 7 heteroatoms. The van der Waals surface area contributed by atoms with Crippen LogP contribution in [0.1, 0.15) is 53.1 Å². The predicted molar refractivity (Wildman–Crippen MR) is 99.9 cm³/mol. The van der Waals surface area contributed by atoms with Gasteiger partial charge in [-0.25, -0.2) is 5.10 Å². The van der Waals surface area contributed by atoms with Gasteiger partial charge in [-0.1, -0.05) is 37.6 Å². The molecule has 0 fully saturated rings. The van der Waals surface area contributed by atoms with Gasteiger partial charge < -0.3 is 9.84 Å². The van der Waals surface area contributed by atoms with E-state index in [0.29, 0.717) is 42.1 Å². The second-order valence-electron chi connectivity index (χ2n) is 6.38. The highest BCUT2D eigenvalue weighted by Gasteiger charge is 2.16. The predicted octanol–water partition coefficient (Wildman–Crippen LogP) is 3.23. The molecule has 7 nitrogen and oxygen atoms in total. The third kappa shape index (κ3) is 4.49. The van der Waals surface area contributed by atoms with Crippen LogP contribution in [0.2, 0.25) is 0 Å². The van der Waals surface area contributed by atoms with E-state index in [0.717, 1.165) is 17.5 Å². The van der Waals surface area contributed by atoms with Crippen LogP contribution in [0.25, 0.3) is 0 Å². The molecule has 1 aromatic heterocycles. The largest absolute Gasteiger partial charge is 0.507 e. The van der Waals surface area contributed by atoms with E-state index in [1.54, 1.807) is 12.1 Å². The van der Waals surface area contributed by atoms with Gasteiger partial charge in [-0.2, -0.15) is 0 Å². The summed E-state index contributed by atoms with van der Waals surface area (Å²) in [6.45, 7) is 3.82. The molecular formula is C20H22N4O3. The maximum atomic E-state index is 11.7. The number of nitrogens with zero attached hydrogens (tertiary/aromatic N) is 3. The average Bonchev–Trinajstić information content (AvgIpc) is 3.15. The van der Waals surface area contributed by atoms with Crippen molar-refractivity contribution < 1.29 is 14.6 Å². The number of hydrogen-bond donors (Lipinski definition) is 2. The molecule has 0 unspecified atom stereocenters. The van der Waals surface area contributed by atoms with Gasteiger partial charge in [0.2, 0.25) is 0 Å². The summed E-state index contributed by atoms with van der Waals surface area (Å²) in [5, 5.41) is 24.2. The molecule has 0 atom stereocenters. The Labute approximate surface area is 157 Å². The number of carbonyl (C=O) groups excluding carboxylic acids is 1. The molecule has 0 amide bonds. The zero-order chi connectivity index (χ0) is 19.2. The van der Waals surface area contributed by atoms with Crippen molar-refractivity contribution in [2.45, 2.75) is 39.7 Å². The summed E-state index contributed by atoms with van der Waals surface area (Å²) in [4.78, 5) is 11.7. The summed E-state index contributed by atoms with van der Waals surface area (Å²) >= 11 is 0. The Bertz CT molecular complexity index is 923. The van der Waals surface area contributed by atoms with Gasteiger partial charge in [0.25, 0.3) is 0 Å². The third-order valence-corrected chi connectivity index (χ3v) is 4.27. The molecule has 3 aromatic rings. The Morgan fingerprint density at radius 2 is 2.04 bits per heavy atom. The van der Waals surface area contributed by atoms with Crippen molar-refractivity contribution in [3.05, 3.63) is 64.5 Å². The Kier molecular flexibility index (Phi) is 5.80. The number of phenolic OH excluding ortho intramolecular Hbond substituents is 1. The van der Waals surface area contributed by atoms with E-state index in [2.05, 4.69) is 20.6 Å². The van der Waals surface area contributed by atoms with E-state index in [1.165, 1.54) is 6.92 Å². The molecule has 0 saturated carbocycles. The van der Waals surface area contributed by atoms with Crippen LogP contribution in [0.5, 0.6) is 11.5 Å². The highest BCUT2D eigenvalue weighted by Crippen LogP contribution is 2.33. The molecule has 2 N–H and O–H groups in total. The minimum atomic E-state index is -0.161. The molecule has 0 spiro atoms. The highest BCUT2D eigenvalue weighted by atomic mass is 16.5. The van der Waals surface area contributed by atoms with Crippen LogP contribution in [-0.4, -0.2) is 31.5 Å². The van der Waals surface area contributed by atoms with Crippen LogP contribution in [0.15, 0.2) is 36.4 Å². The molecule has 27 heavy (non-hydrogen) atoms. The summed E-state index contributed by atoms with van der Waals surface area (Å²) in [7, 11) is 0. The van der Waals surface area contributed by atoms with Gasteiger partial charge in [0.1, 0.15) is 18.1 Å². The van der Waals surface area contributed by atoms with Crippen LogP contribution in [0.3, 0.4) is 0 Å². The number of nitrogens with one attached hydrogen (secondary N) is 1. The fourth-order valence-corrected chi connectivity index (χ4v) is 2.97. The lowest BCUT2D eigenvalue weighted by atomic mass is 10.0. The average molecular weight is 366 g/mol. The molecule has 0 saturated heterocycles. The number of ketones is 1. The Hall–Kier alpha value is -3.22. The number of tetrazole rings is 1. The summed E-state index contributed by atoms with van der Waals surface area (Å²) in [5.74, 6) is 1.16. The minimum absolute atomic E-state index is 0.0217. The van der Waals surface area contributed by atoms with Crippen molar-refractivity contribution in [2.75, 3.05) is 0 Å². The Morgan fingerprint density at radius 3 is 2.74 bits per heavy atom. The first-order chi connectivity index (χ1) is 13.1. The third-order valence-electron chi connectivity index (χ3n) is 4.27. The number of benzene rings is 2. The molecule has 0 aliphatic carbocycles. The van der Waals surface area contributed by atoms with E-state index >= 15 is 0 Å². The second kappa shape index (κ2) is 8.44. The van der Waals surface area contributed by atoms with Crippen LogP contribution < -0.4 is 4.74 Å². The zero-order valence-corrected chi connectivity index (χ0v) is 15.4. The van der Waals surface area contributed by atoms with Crippen LogP contribution in [-0.2, 0) is 19.4 Å². The van der Waals surface area contributed by atoms with Crippen molar-refractivity contribution in [1.29, 1.82) is 0 Å². The maximum absolute atomic E-state index is 11.7. The molecule has 140 valence electrons. The van der Waals surface area contributed by atoms with Crippen molar-refractivity contribution in [2.24, 2.45) is 0 Å². The topological polar surface area (TPSA) is 101 Å². The lowest BCUT2D eigenvalue weighted by molar-refractivity contribution is 0.101. The van der Waals surface area contributed by atoms with Crippen molar-refractivity contribution in [3.8, 4) is 11.5 Å². The molecule has 3 rings (SSSR count). The second-order valence-corrected chi connectivity index (χ2v) is 6.38. The van der Waals surface area contributed by atoms with Gasteiger partial charge in [-0.05, 0) is 47.0 Å². The number of aromatic hydroxyl groups is 1. The van der Waals surface area contributed by atoms with Gasteiger partial charge in [0.05, 0.1) is 5.56 Å². The Morgan fingerprint density at radius 1 is 1.22 bits per heavy atom. The number of aromatic amines is 1. The number of aromatic nitrogens is 4. The van der Waals surface area contributed by atoms with E-state index < -0.39 is 0 Å². The SMILES string of the molecule is CCCc1c(OCc2cccc(Cc3nnn[nH]3)c2)ccc(C(C)=O)c1O. The first-order valence-electron chi connectivity index (χ1n) is 8.87. The standard InChI is InChI=1S/C20H22N4O3/c1-3-5-17-18(9-8-16(13(2)25)20(17)26)27-12-15-7-4-6-14(10-15)11-19-21-23-24-22-19/h4,6-10,26H,3,5,11-12H2,1-2H3,(H,21,22,23,24). The van der Waals surface area contributed by atoms with E-state index in [9.17, 15) is 9.90 Å². The van der Waals surface area contributed by atoms with Crippen molar-refractivity contribution in [3.63, 3.8) is 0 Å². The van der Waals surface area contributed by atoms with Crippen molar-refractivity contribution in [1.82, 2.24) is 20.6 Å². The molecule has 0 aliphatic heterocycles. The number of hydrogen-bond acceptors (Lipinski definition) is 6. The van der Waals surface area contributed by atoms with Gasteiger partial charge in [-0.15, -0.1) is 5.10 Å². The lowest BCUT2D eigenvalue weighted by Gasteiger charge is -2.15. The first kappa shape index (κ1) is 18.6. The summed E-state index contributed by atoms with van der Waals surface area (Å²) in [6.07, 6.45) is 2.09. The fourth-order valence-electron chi connectivity index (χ4n) is 2.97. The molecule has 2 aromatic carbocycles. The maximum Gasteiger partial charge on any atom is 0.163 e. The highest BCUT2D eigenvalue weighted by molar-refractivity contribution is 5.97. The smallest absolute Gasteiger partial charge is 0.163 e. The van der Waals surface area contributed by atoms with Gasteiger partial charge in [-0.3, -0.25) is 4.79 Å². The normalized spacial score (nSPS) is 10.7. The van der Waals surface area contributed by atoms with E-state index in [1.807, 2.05) is 31.2 Å². The molecule has 0 aliphatic rings. The van der Waals surface area contributed by atoms with Gasteiger partial charge in [0, 0.05) is 12.0 Å². The van der Waals surface area contributed by atoms with Crippen molar-refractivity contribution >= 4 is 5.78 Å². The molecule has 0 radical (unpaired) electrons. The first-order valence-corrected chi connectivity index (χ1v) is 8.87. The molecule has 0 bridgehead atoms. The van der Waals surface area contributed by atoms with E-state index in [4.69, 9.17) is 4.74 Å². The molecular weight excluding hydrogens is 344 g/mol. The number of rotatable bonds is 8. The summed E-state index contributed by atoms with van der Waals surface area (Å²) in [5.41, 5.74) is 3.07. The van der Waals surface area contributed by atoms with Gasteiger partial charge in [0.15, 0.2) is 11.6 Å². The monoisotopic (exact) mass is 366 g/mol. The number of Topliss-reactive ketones (excluding diaryl/α,β-unsaturated/α-hetero) is 1. The van der Waals surface area contributed by atoms with Crippen LogP contribution in [0, 0.1) is 0 Å². The quantitative estimate of drug-likeness (QED) is 0.594.